The van der Waals surface area contributed by atoms with Crippen LogP contribution in [0, 0.1) is 16.7 Å². The van der Waals surface area contributed by atoms with Gasteiger partial charge in [-0.2, -0.15) is 0 Å². The Hall–Kier alpha value is -1.12. The van der Waals surface area contributed by atoms with Crippen molar-refractivity contribution in [2.45, 2.75) is 77.9 Å². The number of aliphatic imine (C=N–C) groups is 1. The summed E-state index contributed by atoms with van der Waals surface area (Å²) in [4.78, 5) is 17.9. The van der Waals surface area contributed by atoms with Crippen molar-refractivity contribution in [3.05, 3.63) is 12.7 Å². The molecule has 2 bridgehead atoms. The Labute approximate surface area is 134 Å². The predicted octanol–water partition coefficient (Wildman–Crippen LogP) is 4.31. The van der Waals surface area contributed by atoms with Crippen LogP contribution in [0.1, 0.15) is 66.2 Å². The summed E-state index contributed by atoms with van der Waals surface area (Å²) in [6.45, 7) is 12.9. The molecule has 0 N–H and O–H groups in total. The number of nitrogens with zero attached hydrogens (tertiary/aromatic N) is 1. The molecular weight excluding hydrogens is 274 g/mol. The molecule has 2 saturated carbocycles. The molecule has 1 aliphatic heterocycles. The minimum Gasteiger partial charge on any atom is -0.454 e. The molecule has 0 unspecified atom stereocenters. The van der Waals surface area contributed by atoms with Crippen molar-refractivity contribution in [2.24, 2.45) is 21.7 Å². The van der Waals surface area contributed by atoms with Crippen LogP contribution in [-0.2, 0) is 9.53 Å². The van der Waals surface area contributed by atoms with E-state index in [0.29, 0.717) is 12.3 Å². The molecule has 3 nitrogen and oxygen atoms in total. The van der Waals surface area contributed by atoms with E-state index in [-0.39, 0.29) is 22.9 Å². The van der Waals surface area contributed by atoms with Crippen molar-refractivity contribution in [3.8, 4) is 0 Å². The molecule has 1 heterocycles. The van der Waals surface area contributed by atoms with Gasteiger partial charge in [-0.3, -0.25) is 4.99 Å². The molecule has 0 aromatic heterocycles. The summed E-state index contributed by atoms with van der Waals surface area (Å²) in [6, 6.07) is 0. The number of esters is 1. The van der Waals surface area contributed by atoms with E-state index >= 15 is 0 Å². The Kier molecular flexibility index (Phi) is 3.54. The first kappa shape index (κ1) is 15.8. The standard InChI is InChI=1S/C19H29NO2/c1-6-8-11-19(10-7-2)16(21)22-15-14(20-19)13-9-12-18(15,5)17(13,3)4/h7,13,15H,2,6,8-12H2,1,3-5H3/t13-,15-,18+,19-/m1/s1. The monoisotopic (exact) mass is 303 g/mol. The highest BCUT2D eigenvalue weighted by atomic mass is 16.6. The zero-order chi connectivity index (χ0) is 16.2. The van der Waals surface area contributed by atoms with Gasteiger partial charge in [0.25, 0.3) is 0 Å². The fourth-order valence-corrected chi connectivity index (χ4v) is 4.95. The Balaban J connectivity index is 2.04. The van der Waals surface area contributed by atoms with Crippen molar-refractivity contribution >= 4 is 11.7 Å². The fraction of sp³-hybridized carbons (Fsp3) is 0.789. The molecule has 122 valence electrons. The molecule has 0 radical (unpaired) electrons. The van der Waals surface area contributed by atoms with Crippen LogP contribution < -0.4 is 0 Å². The van der Waals surface area contributed by atoms with E-state index in [0.717, 1.165) is 31.4 Å². The van der Waals surface area contributed by atoms with Gasteiger partial charge in [0.15, 0.2) is 5.54 Å². The van der Waals surface area contributed by atoms with Crippen molar-refractivity contribution in [3.63, 3.8) is 0 Å². The highest BCUT2D eigenvalue weighted by Crippen LogP contribution is 2.66. The van der Waals surface area contributed by atoms with Gasteiger partial charge in [-0.1, -0.05) is 46.6 Å². The highest BCUT2D eigenvalue weighted by Gasteiger charge is 2.68. The van der Waals surface area contributed by atoms with Crippen LogP contribution in [0.4, 0.5) is 0 Å². The second-order valence-corrected chi connectivity index (χ2v) is 8.18. The van der Waals surface area contributed by atoms with Crippen LogP contribution in [0.3, 0.4) is 0 Å². The SMILES string of the molecule is C=CC[C@]1(CCCC)N=C2[C@H]3CC[C@@](C)([C@@H]2OC1=O)C3(C)C. The summed E-state index contributed by atoms with van der Waals surface area (Å²) in [7, 11) is 0. The second kappa shape index (κ2) is 4.94. The third-order valence-electron chi connectivity index (χ3n) is 6.87. The average molecular weight is 303 g/mol. The number of unbranched alkanes of at least 4 members (excludes halogenated alkanes) is 1. The smallest absolute Gasteiger partial charge is 0.335 e. The number of fused-ring (bicyclic) bond motifs is 5. The maximum absolute atomic E-state index is 12.8. The van der Waals surface area contributed by atoms with E-state index < -0.39 is 5.54 Å². The first-order valence-electron chi connectivity index (χ1n) is 8.74. The molecule has 0 aromatic rings. The van der Waals surface area contributed by atoms with Crippen molar-refractivity contribution in [1.82, 2.24) is 0 Å². The average Bonchev–Trinajstić information content (AvgIpc) is 2.78. The zero-order valence-electron chi connectivity index (χ0n) is 14.4. The van der Waals surface area contributed by atoms with Gasteiger partial charge in [-0.05, 0) is 24.7 Å². The fourth-order valence-electron chi connectivity index (χ4n) is 4.95. The summed E-state index contributed by atoms with van der Waals surface area (Å²) >= 11 is 0. The van der Waals surface area contributed by atoms with E-state index in [9.17, 15) is 4.79 Å². The first-order valence-corrected chi connectivity index (χ1v) is 8.74. The molecule has 3 heteroatoms. The molecule has 3 rings (SSSR count). The van der Waals surface area contributed by atoms with Crippen molar-refractivity contribution in [1.29, 1.82) is 0 Å². The van der Waals surface area contributed by atoms with E-state index in [4.69, 9.17) is 9.73 Å². The Morgan fingerprint density at radius 3 is 2.77 bits per heavy atom. The quantitative estimate of drug-likeness (QED) is 0.560. The third kappa shape index (κ3) is 1.80. The lowest BCUT2D eigenvalue weighted by atomic mass is 9.70. The molecule has 22 heavy (non-hydrogen) atoms. The molecule has 4 atom stereocenters. The molecule has 0 saturated heterocycles. The molecular formula is C19H29NO2. The van der Waals surface area contributed by atoms with E-state index in [1.165, 1.54) is 6.42 Å². The number of rotatable bonds is 5. The van der Waals surface area contributed by atoms with Gasteiger partial charge >= 0.3 is 5.97 Å². The number of hydrogen-bond donors (Lipinski definition) is 0. The minimum atomic E-state index is -0.708. The van der Waals surface area contributed by atoms with E-state index in [1.807, 2.05) is 6.08 Å². The number of ether oxygens (including phenoxy) is 1. The molecule has 3 aliphatic rings. The first-order chi connectivity index (χ1) is 10.3. The lowest BCUT2D eigenvalue weighted by molar-refractivity contribution is -0.161. The van der Waals surface area contributed by atoms with Gasteiger partial charge in [0.05, 0.1) is 5.71 Å². The van der Waals surface area contributed by atoms with Gasteiger partial charge in [-0.25, -0.2) is 4.79 Å². The molecule has 0 amide bonds. The van der Waals surface area contributed by atoms with Gasteiger partial charge < -0.3 is 4.74 Å². The van der Waals surface area contributed by atoms with Crippen LogP contribution in [-0.4, -0.2) is 23.3 Å². The zero-order valence-corrected chi connectivity index (χ0v) is 14.4. The lowest BCUT2D eigenvalue weighted by Gasteiger charge is -2.42. The van der Waals surface area contributed by atoms with Crippen LogP contribution in [0.5, 0.6) is 0 Å². The number of carbonyl (C=O) groups is 1. The molecule has 2 aliphatic carbocycles. The second-order valence-electron chi connectivity index (χ2n) is 8.18. The van der Waals surface area contributed by atoms with Crippen molar-refractivity contribution < 1.29 is 9.53 Å². The van der Waals surface area contributed by atoms with Crippen LogP contribution in [0.2, 0.25) is 0 Å². The minimum absolute atomic E-state index is 0.0389. The summed E-state index contributed by atoms with van der Waals surface area (Å²) < 4.78 is 6.03. The summed E-state index contributed by atoms with van der Waals surface area (Å²) in [5.41, 5.74) is 0.653. The van der Waals surface area contributed by atoms with Crippen molar-refractivity contribution in [2.75, 3.05) is 0 Å². The van der Waals surface area contributed by atoms with Gasteiger partial charge in [0.2, 0.25) is 0 Å². The maximum Gasteiger partial charge on any atom is 0.335 e. The van der Waals surface area contributed by atoms with Crippen LogP contribution >= 0.6 is 0 Å². The Bertz CT molecular complexity index is 536. The maximum atomic E-state index is 12.8. The van der Waals surface area contributed by atoms with Gasteiger partial charge in [0, 0.05) is 17.8 Å². The molecule has 0 aromatic carbocycles. The topological polar surface area (TPSA) is 38.7 Å². The Morgan fingerprint density at radius 1 is 1.41 bits per heavy atom. The third-order valence-corrected chi connectivity index (χ3v) is 6.87. The highest BCUT2D eigenvalue weighted by molar-refractivity contribution is 6.02. The lowest BCUT2D eigenvalue weighted by Crippen LogP contribution is -2.52. The van der Waals surface area contributed by atoms with Crippen LogP contribution in [0.15, 0.2) is 17.6 Å². The Morgan fingerprint density at radius 2 is 2.14 bits per heavy atom. The normalized spacial score (nSPS) is 41.8. The van der Waals surface area contributed by atoms with Gasteiger partial charge in [-0.15, -0.1) is 6.58 Å². The predicted molar refractivity (Wildman–Crippen MR) is 89.0 cm³/mol. The number of carbonyl (C=O) groups excluding carboxylic acids is 1. The summed E-state index contributed by atoms with van der Waals surface area (Å²) in [5, 5.41) is 0. The van der Waals surface area contributed by atoms with E-state index in [2.05, 4.69) is 34.3 Å². The van der Waals surface area contributed by atoms with Gasteiger partial charge in [0.1, 0.15) is 6.10 Å². The van der Waals surface area contributed by atoms with E-state index in [1.54, 1.807) is 0 Å². The number of hydrogen-bond acceptors (Lipinski definition) is 3. The largest absolute Gasteiger partial charge is 0.454 e. The summed E-state index contributed by atoms with van der Waals surface area (Å²) in [5.74, 6) is 0.334. The van der Waals surface area contributed by atoms with Crippen LogP contribution in [0.25, 0.3) is 0 Å². The summed E-state index contributed by atoms with van der Waals surface area (Å²) in [6.07, 6.45) is 7.44. The molecule has 2 fully saturated rings. The molecule has 0 spiro atoms.